The van der Waals surface area contributed by atoms with Crippen molar-refractivity contribution in [2.45, 2.75) is 20.1 Å². The summed E-state index contributed by atoms with van der Waals surface area (Å²) in [7, 11) is 0. The fourth-order valence-electron chi connectivity index (χ4n) is 1.78. The fourth-order valence-corrected chi connectivity index (χ4v) is 2.08. The molecule has 2 aromatic rings. The summed E-state index contributed by atoms with van der Waals surface area (Å²) in [5.74, 6) is 0. The third kappa shape index (κ3) is 2.97. The highest BCUT2D eigenvalue weighted by molar-refractivity contribution is 6.42. The SMILES string of the molecule is C=C(C)Cn1nnc(CO)c1-c1ccc(Cl)c(Cl)c1. The zero-order valence-corrected chi connectivity index (χ0v) is 11.9. The maximum absolute atomic E-state index is 9.35. The van der Waals surface area contributed by atoms with E-state index in [2.05, 4.69) is 16.9 Å². The largest absolute Gasteiger partial charge is 0.390 e. The van der Waals surface area contributed by atoms with Crippen molar-refractivity contribution in [3.63, 3.8) is 0 Å². The van der Waals surface area contributed by atoms with E-state index in [0.717, 1.165) is 16.8 Å². The summed E-state index contributed by atoms with van der Waals surface area (Å²) in [6, 6.07) is 5.26. The van der Waals surface area contributed by atoms with Crippen LogP contribution in [0.3, 0.4) is 0 Å². The third-order valence-corrected chi connectivity index (χ3v) is 3.31. The van der Waals surface area contributed by atoms with E-state index in [-0.39, 0.29) is 6.61 Å². The van der Waals surface area contributed by atoms with Crippen molar-refractivity contribution < 1.29 is 5.11 Å². The molecule has 1 N–H and O–H groups in total. The Kier molecular flexibility index (Phi) is 4.24. The summed E-state index contributed by atoms with van der Waals surface area (Å²) in [5.41, 5.74) is 2.98. The quantitative estimate of drug-likeness (QED) is 0.881. The van der Waals surface area contributed by atoms with Gasteiger partial charge in [-0.15, -0.1) is 5.10 Å². The number of benzene rings is 1. The zero-order valence-electron chi connectivity index (χ0n) is 10.4. The molecule has 0 radical (unpaired) electrons. The number of aliphatic hydroxyl groups excluding tert-OH is 1. The summed E-state index contributed by atoms with van der Waals surface area (Å²) >= 11 is 11.9. The summed E-state index contributed by atoms with van der Waals surface area (Å²) in [6.07, 6.45) is 0. The van der Waals surface area contributed by atoms with Crippen LogP contribution in [0.15, 0.2) is 30.4 Å². The monoisotopic (exact) mass is 297 g/mol. The van der Waals surface area contributed by atoms with Crippen molar-refractivity contribution >= 4 is 23.2 Å². The summed E-state index contributed by atoms with van der Waals surface area (Å²) < 4.78 is 1.69. The first-order chi connectivity index (χ1) is 9.02. The predicted octanol–water partition coefficient (Wildman–Crippen LogP) is 3.32. The normalized spacial score (nSPS) is 10.7. The lowest BCUT2D eigenvalue weighted by Gasteiger charge is -2.08. The van der Waals surface area contributed by atoms with Gasteiger partial charge in [-0.05, 0) is 19.1 Å². The molecule has 0 spiro atoms. The van der Waals surface area contributed by atoms with Crippen molar-refractivity contribution in [1.29, 1.82) is 0 Å². The maximum atomic E-state index is 9.35. The van der Waals surface area contributed by atoms with Crippen LogP contribution < -0.4 is 0 Å². The van der Waals surface area contributed by atoms with Gasteiger partial charge in [-0.25, -0.2) is 4.68 Å². The van der Waals surface area contributed by atoms with Gasteiger partial charge in [0.2, 0.25) is 0 Å². The second-order valence-corrected chi connectivity index (χ2v) is 5.10. The van der Waals surface area contributed by atoms with Gasteiger partial charge in [-0.3, -0.25) is 0 Å². The second kappa shape index (κ2) is 5.74. The second-order valence-electron chi connectivity index (χ2n) is 4.29. The van der Waals surface area contributed by atoms with Gasteiger partial charge >= 0.3 is 0 Å². The number of aromatic nitrogens is 3. The minimum Gasteiger partial charge on any atom is -0.390 e. The fraction of sp³-hybridized carbons (Fsp3) is 0.231. The highest BCUT2D eigenvalue weighted by atomic mass is 35.5. The highest BCUT2D eigenvalue weighted by Crippen LogP contribution is 2.30. The van der Waals surface area contributed by atoms with Gasteiger partial charge in [0, 0.05) is 5.56 Å². The molecule has 0 saturated carbocycles. The smallest absolute Gasteiger partial charge is 0.116 e. The van der Waals surface area contributed by atoms with Crippen molar-refractivity contribution in [3.05, 3.63) is 46.1 Å². The molecule has 19 heavy (non-hydrogen) atoms. The van der Waals surface area contributed by atoms with E-state index in [4.69, 9.17) is 23.2 Å². The molecule has 0 unspecified atom stereocenters. The Bertz CT molecular complexity index is 622. The van der Waals surface area contributed by atoms with Crippen LogP contribution >= 0.6 is 23.2 Å². The van der Waals surface area contributed by atoms with E-state index in [1.807, 2.05) is 13.0 Å². The van der Waals surface area contributed by atoms with E-state index in [0.29, 0.717) is 22.3 Å². The summed E-state index contributed by atoms with van der Waals surface area (Å²) in [6.45, 7) is 6.10. The molecule has 0 saturated heterocycles. The first-order valence-corrected chi connectivity index (χ1v) is 6.41. The molecule has 1 heterocycles. The highest BCUT2D eigenvalue weighted by Gasteiger charge is 2.15. The number of rotatable bonds is 4. The molecule has 1 aromatic heterocycles. The minimum absolute atomic E-state index is 0.189. The predicted molar refractivity (Wildman–Crippen MR) is 76.2 cm³/mol. The van der Waals surface area contributed by atoms with E-state index < -0.39 is 0 Å². The summed E-state index contributed by atoms with van der Waals surface area (Å²) in [4.78, 5) is 0. The van der Waals surface area contributed by atoms with E-state index in [9.17, 15) is 5.11 Å². The van der Waals surface area contributed by atoms with Gasteiger partial charge in [0.1, 0.15) is 5.69 Å². The first kappa shape index (κ1) is 14.1. The van der Waals surface area contributed by atoms with Crippen molar-refractivity contribution in [3.8, 4) is 11.3 Å². The number of nitrogens with zero attached hydrogens (tertiary/aromatic N) is 3. The Labute approximate surface area is 121 Å². The number of allylic oxidation sites excluding steroid dienone is 1. The van der Waals surface area contributed by atoms with Crippen LogP contribution in [0.25, 0.3) is 11.3 Å². The molecule has 0 aliphatic rings. The van der Waals surface area contributed by atoms with E-state index in [1.54, 1.807) is 16.8 Å². The molecular weight excluding hydrogens is 285 g/mol. The van der Waals surface area contributed by atoms with Gasteiger partial charge in [0.05, 0.1) is 28.9 Å². The van der Waals surface area contributed by atoms with Crippen LogP contribution in [0.5, 0.6) is 0 Å². The maximum Gasteiger partial charge on any atom is 0.116 e. The van der Waals surface area contributed by atoms with Crippen LogP contribution in [0.2, 0.25) is 10.0 Å². The average Bonchev–Trinajstić information content (AvgIpc) is 2.74. The molecule has 2 rings (SSSR count). The Morgan fingerprint density at radius 3 is 2.68 bits per heavy atom. The number of halogens is 2. The molecule has 0 fully saturated rings. The number of hydrogen-bond donors (Lipinski definition) is 1. The Morgan fingerprint density at radius 1 is 1.37 bits per heavy atom. The lowest BCUT2D eigenvalue weighted by atomic mass is 10.1. The first-order valence-electron chi connectivity index (χ1n) is 5.66. The van der Waals surface area contributed by atoms with Crippen LogP contribution in [0.4, 0.5) is 0 Å². The Hall–Kier alpha value is -1.36. The summed E-state index contributed by atoms with van der Waals surface area (Å²) in [5, 5.41) is 18.3. The van der Waals surface area contributed by atoms with Crippen LogP contribution in [0.1, 0.15) is 12.6 Å². The van der Waals surface area contributed by atoms with Crippen molar-refractivity contribution in [2.24, 2.45) is 0 Å². The van der Waals surface area contributed by atoms with Gasteiger partial charge in [-0.1, -0.05) is 46.6 Å². The van der Waals surface area contributed by atoms with Crippen LogP contribution in [0, 0.1) is 0 Å². The molecule has 4 nitrogen and oxygen atoms in total. The number of hydrogen-bond acceptors (Lipinski definition) is 3. The van der Waals surface area contributed by atoms with Gasteiger partial charge in [-0.2, -0.15) is 0 Å². The van der Waals surface area contributed by atoms with E-state index in [1.165, 1.54) is 0 Å². The molecule has 0 bridgehead atoms. The zero-order chi connectivity index (χ0) is 14.0. The topological polar surface area (TPSA) is 50.9 Å². The van der Waals surface area contributed by atoms with Gasteiger partial charge < -0.3 is 5.11 Å². The molecule has 0 amide bonds. The standard InChI is InChI=1S/C13H13Cl2N3O/c1-8(2)6-18-13(12(7-19)16-17-18)9-3-4-10(14)11(15)5-9/h3-5,19H,1,6-7H2,2H3. The van der Waals surface area contributed by atoms with Crippen LogP contribution in [-0.2, 0) is 13.2 Å². The molecule has 100 valence electrons. The van der Waals surface area contributed by atoms with Gasteiger partial charge in [0.15, 0.2) is 0 Å². The van der Waals surface area contributed by atoms with Crippen molar-refractivity contribution in [2.75, 3.05) is 0 Å². The third-order valence-electron chi connectivity index (χ3n) is 2.57. The molecule has 6 heteroatoms. The lowest BCUT2D eigenvalue weighted by Crippen LogP contribution is -2.04. The number of aliphatic hydroxyl groups is 1. The minimum atomic E-state index is -0.189. The molecular formula is C13H13Cl2N3O. The Balaban J connectivity index is 2.54. The molecule has 0 aliphatic carbocycles. The van der Waals surface area contributed by atoms with Gasteiger partial charge in [0.25, 0.3) is 0 Å². The van der Waals surface area contributed by atoms with E-state index >= 15 is 0 Å². The average molecular weight is 298 g/mol. The molecule has 1 aromatic carbocycles. The lowest BCUT2D eigenvalue weighted by molar-refractivity contribution is 0.277. The van der Waals surface area contributed by atoms with Crippen molar-refractivity contribution in [1.82, 2.24) is 15.0 Å². The Morgan fingerprint density at radius 2 is 2.11 bits per heavy atom. The molecule has 0 aliphatic heterocycles. The molecule has 0 atom stereocenters. The van der Waals surface area contributed by atoms with Crippen LogP contribution in [-0.4, -0.2) is 20.1 Å².